The average Bonchev–Trinajstić information content (AvgIpc) is 2.39. The van der Waals surface area contributed by atoms with Crippen LogP contribution in [0.25, 0.3) is 0 Å². The van der Waals surface area contributed by atoms with Crippen molar-refractivity contribution in [1.82, 2.24) is 9.62 Å². The van der Waals surface area contributed by atoms with Gasteiger partial charge in [-0.3, -0.25) is 4.79 Å². The highest BCUT2D eigenvalue weighted by atomic mass is 32.2. The van der Waals surface area contributed by atoms with Gasteiger partial charge in [-0.15, -0.1) is 0 Å². The number of rotatable bonds is 6. The first kappa shape index (κ1) is 16.5. The molecule has 20 heavy (non-hydrogen) atoms. The van der Waals surface area contributed by atoms with Crippen molar-refractivity contribution in [2.24, 2.45) is 0 Å². The number of anilines is 1. The number of nitrogen functional groups attached to an aromatic ring is 1. The Kier molecular flexibility index (Phi) is 5.52. The van der Waals surface area contributed by atoms with E-state index < -0.39 is 21.2 Å². The van der Waals surface area contributed by atoms with Crippen LogP contribution in [-0.2, 0) is 21.2 Å². The predicted octanol–water partition coefficient (Wildman–Crippen LogP) is 0.207. The first-order chi connectivity index (χ1) is 9.24. The third kappa shape index (κ3) is 4.50. The van der Waals surface area contributed by atoms with Gasteiger partial charge in [-0.25, -0.2) is 13.1 Å². The summed E-state index contributed by atoms with van der Waals surface area (Å²) in [5.74, 6) is -0.440. The lowest BCUT2D eigenvalue weighted by molar-refractivity contribution is -0.127. The van der Waals surface area contributed by atoms with Gasteiger partial charge in [0.2, 0.25) is 15.9 Å². The molecule has 0 bridgehead atoms. The van der Waals surface area contributed by atoms with Gasteiger partial charge < -0.3 is 10.6 Å². The summed E-state index contributed by atoms with van der Waals surface area (Å²) >= 11 is 0. The smallest absolute Gasteiger partial charge is 0.241 e. The van der Waals surface area contributed by atoms with Gasteiger partial charge in [-0.1, -0.05) is 12.1 Å². The van der Waals surface area contributed by atoms with Crippen LogP contribution >= 0.6 is 0 Å². The Morgan fingerprint density at radius 1 is 1.30 bits per heavy atom. The number of hydrogen-bond donors (Lipinski definition) is 2. The summed E-state index contributed by atoms with van der Waals surface area (Å²) in [5, 5.41) is -1.09. The fourth-order valence-electron chi connectivity index (χ4n) is 1.64. The first-order valence-corrected chi connectivity index (χ1v) is 7.82. The second kappa shape index (κ2) is 6.71. The minimum atomic E-state index is -3.65. The van der Waals surface area contributed by atoms with Crippen molar-refractivity contribution in [1.29, 1.82) is 0 Å². The van der Waals surface area contributed by atoms with Crippen LogP contribution in [-0.4, -0.2) is 45.1 Å². The van der Waals surface area contributed by atoms with Crippen molar-refractivity contribution in [3.8, 4) is 0 Å². The summed E-state index contributed by atoms with van der Waals surface area (Å²) in [7, 11) is -0.588. The quantitative estimate of drug-likeness (QED) is 0.734. The summed E-state index contributed by atoms with van der Waals surface area (Å²) in [6.45, 7) is 1.63. The van der Waals surface area contributed by atoms with E-state index >= 15 is 0 Å². The average molecular weight is 299 g/mol. The standard InChI is InChI=1S/C13H21N3O3S/c1-10(13(17)16(2)3)20(18,19)15-9-8-11-4-6-12(14)7-5-11/h4-7,10,15H,8-9,14H2,1-3H3. The predicted molar refractivity (Wildman–Crippen MR) is 79.6 cm³/mol. The SMILES string of the molecule is CC(C(=O)N(C)C)S(=O)(=O)NCCc1ccc(N)cc1. The molecule has 0 radical (unpaired) electrons. The second-order valence-electron chi connectivity index (χ2n) is 4.81. The van der Waals surface area contributed by atoms with E-state index in [0.29, 0.717) is 12.1 Å². The lowest BCUT2D eigenvalue weighted by Crippen LogP contribution is -2.43. The molecule has 112 valence electrons. The third-order valence-electron chi connectivity index (χ3n) is 2.95. The fourth-order valence-corrected chi connectivity index (χ4v) is 2.76. The number of nitrogens with two attached hydrogens (primary N) is 1. The molecule has 0 aliphatic rings. The van der Waals surface area contributed by atoms with Crippen LogP contribution in [0.5, 0.6) is 0 Å². The number of nitrogens with zero attached hydrogens (tertiary/aromatic N) is 1. The van der Waals surface area contributed by atoms with Gasteiger partial charge in [0.15, 0.2) is 5.25 Å². The largest absolute Gasteiger partial charge is 0.399 e. The van der Waals surface area contributed by atoms with E-state index in [4.69, 9.17) is 5.73 Å². The summed E-state index contributed by atoms with van der Waals surface area (Å²) in [5.41, 5.74) is 7.22. The minimum absolute atomic E-state index is 0.247. The Bertz CT molecular complexity index is 553. The maximum Gasteiger partial charge on any atom is 0.241 e. The number of sulfonamides is 1. The van der Waals surface area contributed by atoms with E-state index in [-0.39, 0.29) is 6.54 Å². The topological polar surface area (TPSA) is 92.5 Å². The summed E-state index contributed by atoms with van der Waals surface area (Å²) < 4.78 is 26.3. The molecule has 1 atom stereocenters. The van der Waals surface area contributed by atoms with Crippen LogP contribution in [0.4, 0.5) is 5.69 Å². The molecule has 0 heterocycles. The molecule has 6 nitrogen and oxygen atoms in total. The van der Waals surface area contributed by atoms with Crippen LogP contribution in [0.15, 0.2) is 24.3 Å². The van der Waals surface area contributed by atoms with Crippen molar-refractivity contribution in [3.63, 3.8) is 0 Å². The van der Waals surface area contributed by atoms with Crippen LogP contribution in [0.2, 0.25) is 0 Å². The summed E-state index contributed by atoms with van der Waals surface area (Å²) in [6.07, 6.45) is 0.544. The number of carbonyl (C=O) groups excluding carboxylic acids is 1. The molecule has 0 aliphatic heterocycles. The number of carbonyl (C=O) groups is 1. The first-order valence-electron chi connectivity index (χ1n) is 6.28. The number of amides is 1. The highest BCUT2D eigenvalue weighted by Gasteiger charge is 2.28. The molecule has 0 saturated heterocycles. The van der Waals surface area contributed by atoms with Gasteiger partial charge in [-0.05, 0) is 31.0 Å². The minimum Gasteiger partial charge on any atom is -0.399 e. The van der Waals surface area contributed by atoms with Crippen molar-refractivity contribution in [2.45, 2.75) is 18.6 Å². The molecule has 1 rings (SSSR count). The second-order valence-corrected chi connectivity index (χ2v) is 6.89. The van der Waals surface area contributed by atoms with Crippen LogP contribution in [0.1, 0.15) is 12.5 Å². The van der Waals surface area contributed by atoms with Crippen LogP contribution in [0.3, 0.4) is 0 Å². The molecule has 0 aromatic heterocycles. The monoisotopic (exact) mass is 299 g/mol. The van der Waals surface area contributed by atoms with Gasteiger partial charge in [0.1, 0.15) is 0 Å². The molecule has 3 N–H and O–H groups in total. The van der Waals surface area contributed by atoms with Crippen LogP contribution < -0.4 is 10.5 Å². The molecule has 0 saturated carbocycles. The zero-order valence-corrected chi connectivity index (χ0v) is 12.8. The van der Waals surface area contributed by atoms with Crippen LogP contribution in [0, 0.1) is 0 Å². The van der Waals surface area contributed by atoms with Crippen molar-refractivity contribution < 1.29 is 13.2 Å². The normalized spacial score (nSPS) is 12.9. The molecule has 7 heteroatoms. The maximum absolute atomic E-state index is 11.9. The molecule has 1 unspecified atom stereocenters. The zero-order chi connectivity index (χ0) is 15.3. The Labute approximate surface area is 120 Å². The van der Waals surface area contributed by atoms with Crippen molar-refractivity contribution >= 4 is 21.6 Å². The highest BCUT2D eigenvalue weighted by molar-refractivity contribution is 7.90. The van der Waals surface area contributed by atoms with E-state index in [1.54, 1.807) is 12.1 Å². The Hall–Kier alpha value is -1.60. The van der Waals surface area contributed by atoms with E-state index in [0.717, 1.165) is 5.56 Å². The van der Waals surface area contributed by atoms with E-state index in [2.05, 4.69) is 4.72 Å². The lowest BCUT2D eigenvalue weighted by Gasteiger charge is -2.17. The molecule has 1 aromatic rings. The number of nitrogens with one attached hydrogen (secondary N) is 1. The van der Waals surface area contributed by atoms with Gasteiger partial charge in [0.25, 0.3) is 0 Å². The Morgan fingerprint density at radius 3 is 2.35 bits per heavy atom. The molecule has 0 fully saturated rings. The van der Waals surface area contributed by atoms with E-state index in [1.807, 2.05) is 12.1 Å². The molecular formula is C13H21N3O3S. The van der Waals surface area contributed by atoms with E-state index in [1.165, 1.54) is 25.9 Å². The zero-order valence-electron chi connectivity index (χ0n) is 12.0. The van der Waals surface area contributed by atoms with Gasteiger partial charge in [0, 0.05) is 26.3 Å². The molecule has 0 aliphatic carbocycles. The summed E-state index contributed by atoms with van der Waals surface area (Å²) in [6, 6.07) is 7.22. The summed E-state index contributed by atoms with van der Waals surface area (Å²) in [4.78, 5) is 12.9. The number of benzene rings is 1. The maximum atomic E-state index is 11.9. The van der Waals surface area contributed by atoms with Gasteiger partial charge in [0.05, 0.1) is 0 Å². The Balaban J connectivity index is 2.55. The Morgan fingerprint density at radius 2 is 1.85 bits per heavy atom. The fraction of sp³-hybridized carbons (Fsp3) is 0.462. The van der Waals surface area contributed by atoms with Crippen molar-refractivity contribution in [2.75, 3.05) is 26.4 Å². The molecule has 0 spiro atoms. The molecule has 1 aromatic carbocycles. The van der Waals surface area contributed by atoms with Gasteiger partial charge >= 0.3 is 0 Å². The highest BCUT2D eigenvalue weighted by Crippen LogP contribution is 2.06. The van der Waals surface area contributed by atoms with Crippen molar-refractivity contribution in [3.05, 3.63) is 29.8 Å². The lowest BCUT2D eigenvalue weighted by atomic mass is 10.1. The molecule has 1 amide bonds. The molecular weight excluding hydrogens is 278 g/mol. The van der Waals surface area contributed by atoms with E-state index in [9.17, 15) is 13.2 Å². The number of hydrogen-bond acceptors (Lipinski definition) is 4. The third-order valence-corrected chi connectivity index (χ3v) is 4.69. The van der Waals surface area contributed by atoms with Gasteiger partial charge in [-0.2, -0.15) is 0 Å².